The molecule has 6 N–H and O–H groups in total. The molecule has 0 aromatic carbocycles. The smallest absolute Gasteiger partial charge is 0.101 e. The van der Waals surface area contributed by atoms with Gasteiger partial charge in [-0.2, -0.15) is 0 Å². The van der Waals surface area contributed by atoms with Gasteiger partial charge in [-0.25, -0.2) is 0 Å². The molecule has 32 heavy (non-hydrogen) atoms. The molecule has 18 nitrogen and oxygen atoms in total. The number of hydrogen-bond acceptors (Lipinski definition) is 18. The van der Waals surface area contributed by atoms with Crippen molar-refractivity contribution in [3.8, 4) is 0 Å². The van der Waals surface area contributed by atoms with E-state index in [2.05, 4.69) is 13.6 Å². The van der Waals surface area contributed by atoms with Crippen molar-refractivity contribution in [1.82, 2.24) is 0 Å². The van der Waals surface area contributed by atoms with Crippen LogP contribution >= 0.6 is 23.5 Å². The molecule has 0 aromatic heterocycles. The Morgan fingerprint density at radius 2 is 0.688 bits per heavy atom. The predicted molar refractivity (Wildman–Crippen MR) is 80.0 cm³/mol. The first-order valence-electron chi connectivity index (χ1n) is 7.23. The first-order valence-corrected chi connectivity index (χ1v) is 11.6. The second-order valence-corrected chi connectivity index (χ2v) is 8.20. The molecule has 0 rings (SSSR count). The Bertz CT molecular complexity index is 474. The van der Waals surface area contributed by atoms with Crippen LogP contribution in [-0.4, -0.2) is 88.6 Å². The molecular weight excluding hydrogens is 591 g/mol. The summed E-state index contributed by atoms with van der Waals surface area (Å²) in [6.07, 6.45) is -3.97. The van der Waals surface area contributed by atoms with Crippen molar-refractivity contribution in [3.05, 3.63) is 0 Å². The maximum Gasteiger partial charge on any atom is 0.101 e. The van der Waals surface area contributed by atoms with Gasteiger partial charge in [-0.15, -0.1) is 0 Å². The quantitative estimate of drug-likeness (QED) is 0.111. The Labute approximate surface area is 205 Å². The Morgan fingerprint density at radius 1 is 0.531 bits per heavy atom. The summed E-state index contributed by atoms with van der Waals surface area (Å²) in [5, 5.41) is 49.7. The Kier molecular flexibility index (Phi) is 30.8. The van der Waals surface area contributed by atoms with Crippen molar-refractivity contribution >= 4 is 23.5 Å². The first kappa shape index (κ1) is 43.3. The number of phosphoric ester groups is 3. The molecular formula is C9H21O18P3V2-6. The van der Waals surface area contributed by atoms with Gasteiger partial charge in [-0.3, -0.25) is 0 Å². The van der Waals surface area contributed by atoms with Crippen LogP contribution in [0, 0.1) is 0 Å². The molecule has 0 spiro atoms. The minimum atomic E-state index is -5.00. The van der Waals surface area contributed by atoms with Gasteiger partial charge in [0.05, 0.1) is 63.1 Å². The average molecular weight is 612 g/mol. The predicted octanol–water partition coefficient (Wildman–Crippen LogP) is -8.45. The van der Waals surface area contributed by atoms with E-state index in [4.69, 9.17) is 30.6 Å². The van der Waals surface area contributed by atoms with Crippen LogP contribution in [0.1, 0.15) is 0 Å². The zero-order chi connectivity index (χ0) is 24.6. The molecule has 0 aliphatic carbocycles. The topological polar surface area (TPSA) is 339 Å². The van der Waals surface area contributed by atoms with Gasteiger partial charge in [-0.05, 0) is 0 Å². The molecule has 0 bridgehead atoms. The zero-order valence-electron chi connectivity index (χ0n) is 15.8. The number of hydrogen-bond donors (Lipinski definition) is 6. The van der Waals surface area contributed by atoms with Gasteiger partial charge < -0.3 is 87.3 Å². The maximum atomic E-state index is 9.71. The van der Waals surface area contributed by atoms with Crippen molar-refractivity contribution in [2.45, 2.75) is 18.3 Å². The molecule has 0 saturated heterocycles. The van der Waals surface area contributed by atoms with Gasteiger partial charge in [0, 0.05) is 37.1 Å². The van der Waals surface area contributed by atoms with Crippen molar-refractivity contribution in [2.75, 3.05) is 39.6 Å². The van der Waals surface area contributed by atoms with Crippen molar-refractivity contribution in [2.24, 2.45) is 0 Å². The van der Waals surface area contributed by atoms with Gasteiger partial charge in [0.25, 0.3) is 0 Å². The third-order valence-electron chi connectivity index (χ3n) is 1.91. The van der Waals surface area contributed by atoms with Crippen molar-refractivity contribution in [1.29, 1.82) is 0 Å². The van der Waals surface area contributed by atoms with Gasteiger partial charge in [0.2, 0.25) is 0 Å². The standard InChI is InChI=1S/3C3H9O6P.2V/c3*4-1-3(5)2-9-10(6,7)8;;/h3*3-5H,1-2H2,(H2,6,7,8);;/p-6. The van der Waals surface area contributed by atoms with Crippen LogP contribution in [0.15, 0.2) is 0 Å². The van der Waals surface area contributed by atoms with E-state index < -0.39 is 81.4 Å². The normalized spacial score (nSPS) is 14.2. The molecule has 0 heterocycles. The molecule has 0 fully saturated rings. The summed E-state index contributed by atoms with van der Waals surface area (Å²) in [5.74, 6) is 0. The van der Waals surface area contributed by atoms with Crippen LogP contribution in [0.25, 0.3) is 0 Å². The summed E-state index contributed by atoms with van der Waals surface area (Å²) in [7, 11) is -15.0. The summed E-state index contributed by atoms with van der Waals surface area (Å²) in [6, 6.07) is 0. The number of aliphatic hydroxyl groups excluding tert-OH is 6. The Hall–Kier alpha value is 1.26. The van der Waals surface area contributed by atoms with Gasteiger partial charge in [0.15, 0.2) is 0 Å². The summed E-state index contributed by atoms with van der Waals surface area (Å²) in [4.78, 5) is 58.3. The molecule has 0 aliphatic heterocycles. The van der Waals surface area contributed by atoms with Crippen LogP contribution in [-0.2, 0) is 64.4 Å². The van der Waals surface area contributed by atoms with E-state index in [-0.39, 0.29) is 37.1 Å². The summed E-state index contributed by atoms with van der Waals surface area (Å²) < 4.78 is 40.0. The molecule has 196 valence electrons. The van der Waals surface area contributed by atoms with E-state index in [0.717, 1.165) is 0 Å². The van der Waals surface area contributed by atoms with Crippen LogP contribution in [0.5, 0.6) is 0 Å². The minimum absolute atomic E-state index is 0. The fourth-order valence-electron chi connectivity index (χ4n) is 0.690. The zero-order valence-corrected chi connectivity index (χ0v) is 21.3. The van der Waals surface area contributed by atoms with E-state index in [1.54, 1.807) is 0 Å². The Balaban J connectivity index is -0.000000110. The second-order valence-electron chi connectivity index (χ2n) is 4.74. The third-order valence-corrected chi connectivity index (χ3v) is 3.30. The van der Waals surface area contributed by atoms with E-state index in [1.165, 1.54) is 0 Å². The van der Waals surface area contributed by atoms with E-state index >= 15 is 0 Å². The molecule has 0 aromatic rings. The fourth-order valence-corrected chi connectivity index (χ4v) is 1.75. The van der Waals surface area contributed by atoms with E-state index in [9.17, 15) is 43.1 Å². The van der Waals surface area contributed by atoms with E-state index in [1.807, 2.05) is 0 Å². The summed E-state index contributed by atoms with van der Waals surface area (Å²) >= 11 is 0. The molecule has 0 amide bonds. The molecule has 2 radical (unpaired) electrons. The minimum Gasteiger partial charge on any atom is -0.790 e. The SMILES string of the molecule is O=P([O-])([O-])OCC(O)CO.O=P([O-])([O-])OCC(O)CO.O=P([O-])([O-])OCC(O)CO.[V].[V]. The third kappa shape index (κ3) is 44.9. The second kappa shape index (κ2) is 22.7. The van der Waals surface area contributed by atoms with Gasteiger partial charge in [-0.1, -0.05) is 0 Å². The van der Waals surface area contributed by atoms with Crippen LogP contribution in [0.2, 0.25) is 0 Å². The molecule has 0 aliphatic rings. The van der Waals surface area contributed by atoms with Crippen molar-refractivity contribution in [3.63, 3.8) is 0 Å². The molecule has 3 atom stereocenters. The summed E-state index contributed by atoms with van der Waals surface area (Å²) in [5.41, 5.74) is 0. The average Bonchev–Trinajstić information content (AvgIpc) is 2.61. The van der Waals surface area contributed by atoms with Gasteiger partial charge >= 0.3 is 0 Å². The first-order chi connectivity index (χ1) is 13.4. The fraction of sp³-hybridized carbons (Fsp3) is 1.00. The van der Waals surface area contributed by atoms with Gasteiger partial charge in [0.1, 0.15) is 18.3 Å². The monoisotopic (exact) mass is 612 g/mol. The Morgan fingerprint density at radius 3 is 0.781 bits per heavy atom. The van der Waals surface area contributed by atoms with Crippen LogP contribution in [0.4, 0.5) is 0 Å². The molecule has 23 heteroatoms. The van der Waals surface area contributed by atoms with Crippen LogP contribution in [0.3, 0.4) is 0 Å². The summed E-state index contributed by atoms with van der Waals surface area (Å²) in [6.45, 7) is -4.00. The number of phosphoric acid groups is 3. The van der Waals surface area contributed by atoms with Crippen molar-refractivity contribution < 1.29 is 124 Å². The van der Waals surface area contributed by atoms with Crippen LogP contribution < -0.4 is 29.4 Å². The molecule has 0 saturated carbocycles. The maximum absolute atomic E-state index is 9.71. The largest absolute Gasteiger partial charge is 0.790 e. The van der Waals surface area contributed by atoms with E-state index in [0.29, 0.717) is 0 Å². The number of aliphatic hydroxyl groups is 6. The molecule has 3 unspecified atom stereocenters. The number of rotatable bonds is 12.